The molecule has 72 valence electrons. The normalized spacial score (nSPS) is 11.8. The Bertz CT molecular complexity index is 309. The molecule has 0 bridgehead atoms. The molecule has 13 heavy (non-hydrogen) atoms. The third kappa shape index (κ3) is 2.34. The van der Waals surface area contributed by atoms with E-state index in [9.17, 15) is 13.2 Å². The summed E-state index contributed by atoms with van der Waals surface area (Å²) in [4.78, 5) is 3.41. The van der Waals surface area contributed by atoms with Crippen molar-refractivity contribution in [1.29, 1.82) is 0 Å². The second kappa shape index (κ2) is 3.54. The van der Waals surface area contributed by atoms with Gasteiger partial charge >= 0.3 is 6.18 Å². The van der Waals surface area contributed by atoms with Crippen LogP contribution in [0.3, 0.4) is 0 Å². The maximum atomic E-state index is 12.3. The first kappa shape index (κ1) is 10.3. The van der Waals surface area contributed by atoms with Gasteiger partial charge in [-0.3, -0.25) is 0 Å². The summed E-state index contributed by atoms with van der Waals surface area (Å²) in [5.74, 6) is -0.178. The molecule has 1 rings (SSSR count). The Morgan fingerprint density at radius 2 is 2.00 bits per heavy atom. The van der Waals surface area contributed by atoms with E-state index in [1.165, 1.54) is 19.1 Å². The zero-order chi connectivity index (χ0) is 10.1. The molecule has 0 saturated carbocycles. The Balaban J connectivity index is 3.24. The van der Waals surface area contributed by atoms with Gasteiger partial charge in [0.2, 0.25) is 0 Å². The number of aryl methyl sites for hydroxylation is 1. The maximum absolute atomic E-state index is 12.3. The van der Waals surface area contributed by atoms with Crippen LogP contribution in [-0.2, 0) is 12.1 Å². The monoisotopic (exact) mass is 209 g/mol. The molecule has 0 aliphatic heterocycles. The highest BCUT2D eigenvalue weighted by molar-refractivity contribution is 6.17. The zero-order valence-corrected chi connectivity index (χ0v) is 7.58. The lowest BCUT2D eigenvalue weighted by Gasteiger charge is -2.10. The Kier molecular flexibility index (Phi) is 2.81. The van der Waals surface area contributed by atoms with E-state index in [1.54, 1.807) is 0 Å². The Morgan fingerprint density at radius 3 is 2.46 bits per heavy atom. The van der Waals surface area contributed by atoms with Gasteiger partial charge in [0.05, 0.1) is 0 Å². The number of alkyl halides is 4. The Hall–Kier alpha value is -0.770. The average molecular weight is 210 g/mol. The second-order valence-electron chi connectivity index (χ2n) is 2.59. The number of hydrogen-bond acceptors (Lipinski definition) is 1. The topological polar surface area (TPSA) is 12.9 Å². The largest absolute Gasteiger partial charge is 0.433 e. The molecule has 0 aliphatic rings. The van der Waals surface area contributed by atoms with Gasteiger partial charge in [0.15, 0.2) is 0 Å². The molecule has 0 saturated heterocycles. The van der Waals surface area contributed by atoms with Crippen molar-refractivity contribution in [2.45, 2.75) is 19.0 Å². The van der Waals surface area contributed by atoms with E-state index in [1.807, 2.05) is 0 Å². The van der Waals surface area contributed by atoms with Crippen LogP contribution < -0.4 is 0 Å². The van der Waals surface area contributed by atoms with Gasteiger partial charge < -0.3 is 0 Å². The number of pyridine rings is 1. The molecule has 0 N–H and O–H groups in total. The van der Waals surface area contributed by atoms with Crippen LogP contribution in [0, 0.1) is 6.92 Å². The van der Waals surface area contributed by atoms with Gasteiger partial charge in [0.25, 0.3) is 0 Å². The van der Waals surface area contributed by atoms with Crippen LogP contribution in [0.5, 0.6) is 0 Å². The first-order valence-electron chi connectivity index (χ1n) is 3.55. The lowest BCUT2D eigenvalue weighted by atomic mass is 10.2. The minimum Gasteiger partial charge on any atom is -0.248 e. The van der Waals surface area contributed by atoms with Crippen LogP contribution >= 0.6 is 11.6 Å². The predicted molar refractivity (Wildman–Crippen MR) is 43.5 cm³/mol. The van der Waals surface area contributed by atoms with Gasteiger partial charge in [-0.2, -0.15) is 13.2 Å². The zero-order valence-electron chi connectivity index (χ0n) is 6.82. The van der Waals surface area contributed by atoms with Crippen LogP contribution in [-0.4, -0.2) is 4.98 Å². The standard InChI is InChI=1S/C8H7ClF3N/c1-5-2-3-6(4-9)7(13-5)8(10,11)12/h2-3H,4H2,1H3. The van der Waals surface area contributed by atoms with E-state index >= 15 is 0 Å². The fourth-order valence-corrected chi connectivity index (χ4v) is 1.15. The molecule has 0 amide bonds. The quantitative estimate of drug-likeness (QED) is 0.648. The highest BCUT2D eigenvalue weighted by Gasteiger charge is 2.35. The summed E-state index contributed by atoms with van der Waals surface area (Å²) in [6, 6.07) is 2.85. The molecule has 1 aromatic heterocycles. The summed E-state index contributed by atoms with van der Waals surface area (Å²) in [7, 11) is 0. The molecular formula is C8H7ClF3N. The van der Waals surface area contributed by atoms with Crippen molar-refractivity contribution < 1.29 is 13.2 Å². The molecule has 5 heteroatoms. The molecular weight excluding hydrogens is 203 g/mol. The average Bonchev–Trinajstić information content (AvgIpc) is 2.03. The van der Waals surface area contributed by atoms with Gasteiger partial charge in [0, 0.05) is 11.6 Å². The maximum Gasteiger partial charge on any atom is 0.433 e. The van der Waals surface area contributed by atoms with Crippen LogP contribution in [0.2, 0.25) is 0 Å². The van der Waals surface area contributed by atoms with Crippen molar-refractivity contribution in [3.05, 3.63) is 29.1 Å². The molecule has 0 atom stereocenters. The smallest absolute Gasteiger partial charge is 0.248 e. The number of halogens is 4. The summed E-state index contributed by atoms with van der Waals surface area (Å²) < 4.78 is 36.9. The van der Waals surface area contributed by atoms with Gasteiger partial charge in [-0.15, -0.1) is 11.6 Å². The molecule has 0 spiro atoms. The van der Waals surface area contributed by atoms with Gasteiger partial charge in [-0.1, -0.05) is 6.07 Å². The van der Waals surface area contributed by atoms with Crippen molar-refractivity contribution >= 4 is 11.6 Å². The summed E-state index contributed by atoms with van der Waals surface area (Å²) in [6.07, 6.45) is -4.42. The van der Waals surface area contributed by atoms with Crippen LogP contribution in [0.25, 0.3) is 0 Å². The lowest BCUT2D eigenvalue weighted by molar-refractivity contribution is -0.141. The lowest BCUT2D eigenvalue weighted by Crippen LogP contribution is -2.11. The van der Waals surface area contributed by atoms with Crippen molar-refractivity contribution in [1.82, 2.24) is 4.98 Å². The Morgan fingerprint density at radius 1 is 1.38 bits per heavy atom. The number of hydrogen-bond donors (Lipinski definition) is 0. The van der Waals surface area contributed by atoms with Gasteiger partial charge in [0.1, 0.15) is 5.69 Å². The van der Waals surface area contributed by atoms with Crippen molar-refractivity contribution in [2.24, 2.45) is 0 Å². The van der Waals surface area contributed by atoms with Crippen LogP contribution in [0.15, 0.2) is 12.1 Å². The van der Waals surface area contributed by atoms with Crippen molar-refractivity contribution in [3.63, 3.8) is 0 Å². The van der Waals surface area contributed by atoms with Gasteiger partial charge in [-0.05, 0) is 18.6 Å². The molecule has 1 nitrogen and oxygen atoms in total. The Labute approximate surface area is 78.5 Å². The SMILES string of the molecule is Cc1ccc(CCl)c(C(F)(F)F)n1. The first-order valence-corrected chi connectivity index (χ1v) is 4.08. The molecule has 1 heterocycles. The molecule has 0 fully saturated rings. The minimum absolute atomic E-state index is 0.0137. The fraction of sp³-hybridized carbons (Fsp3) is 0.375. The highest BCUT2D eigenvalue weighted by atomic mass is 35.5. The molecule has 0 aromatic carbocycles. The predicted octanol–water partition coefficient (Wildman–Crippen LogP) is 3.15. The van der Waals surface area contributed by atoms with Crippen LogP contribution in [0.1, 0.15) is 17.0 Å². The van der Waals surface area contributed by atoms with E-state index in [4.69, 9.17) is 11.6 Å². The van der Waals surface area contributed by atoms with E-state index in [-0.39, 0.29) is 11.4 Å². The summed E-state index contributed by atoms with van der Waals surface area (Å²) >= 11 is 5.35. The van der Waals surface area contributed by atoms with E-state index in [0.717, 1.165) is 0 Å². The van der Waals surface area contributed by atoms with Crippen molar-refractivity contribution in [3.8, 4) is 0 Å². The van der Waals surface area contributed by atoms with E-state index < -0.39 is 11.9 Å². The first-order chi connectivity index (χ1) is 5.95. The van der Waals surface area contributed by atoms with E-state index in [2.05, 4.69) is 4.98 Å². The third-order valence-corrected chi connectivity index (χ3v) is 1.82. The van der Waals surface area contributed by atoms with Crippen molar-refractivity contribution in [2.75, 3.05) is 0 Å². The number of aromatic nitrogens is 1. The van der Waals surface area contributed by atoms with Gasteiger partial charge in [-0.25, -0.2) is 4.98 Å². The molecule has 1 aromatic rings. The summed E-state index contributed by atoms with van der Waals surface area (Å²) in [5, 5.41) is 0. The molecule has 0 radical (unpaired) electrons. The third-order valence-electron chi connectivity index (χ3n) is 1.53. The molecule has 0 aliphatic carbocycles. The minimum atomic E-state index is -4.42. The van der Waals surface area contributed by atoms with E-state index in [0.29, 0.717) is 5.69 Å². The van der Waals surface area contributed by atoms with Crippen LogP contribution in [0.4, 0.5) is 13.2 Å². The number of nitrogens with zero attached hydrogens (tertiary/aromatic N) is 1. The highest BCUT2D eigenvalue weighted by Crippen LogP contribution is 2.31. The summed E-state index contributed by atoms with van der Waals surface area (Å²) in [6.45, 7) is 1.51. The fourth-order valence-electron chi connectivity index (χ4n) is 0.939. The number of rotatable bonds is 1. The second-order valence-corrected chi connectivity index (χ2v) is 2.86. The summed E-state index contributed by atoms with van der Waals surface area (Å²) in [5.41, 5.74) is -0.538. The molecule has 0 unspecified atom stereocenters.